The van der Waals surface area contributed by atoms with E-state index in [1.54, 1.807) is 19.1 Å². The highest BCUT2D eigenvalue weighted by Gasteiger charge is 2.25. The maximum Gasteiger partial charge on any atom is 0.127 e. The topological polar surface area (TPSA) is 20.2 Å². The second kappa shape index (κ2) is 5.55. The van der Waals surface area contributed by atoms with Crippen LogP contribution in [0.1, 0.15) is 29.2 Å². The van der Waals surface area contributed by atoms with Crippen LogP contribution < -0.4 is 0 Å². The fraction of sp³-hybridized carbons (Fsp3) is 0.294. The third-order valence-corrected chi connectivity index (χ3v) is 3.63. The maximum atomic E-state index is 13.9. The molecule has 1 N–H and O–H groups in total. The molecule has 0 aliphatic rings. The van der Waals surface area contributed by atoms with Gasteiger partial charge in [-0.25, -0.2) is 4.39 Å². The molecule has 2 rings (SSSR count). The van der Waals surface area contributed by atoms with Gasteiger partial charge >= 0.3 is 0 Å². The van der Waals surface area contributed by atoms with E-state index < -0.39 is 5.60 Å². The van der Waals surface area contributed by atoms with E-state index in [1.165, 1.54) is 6.07 Å². The van der Waals surface area contributed by atoms with E-state index in [9.17, 15) is 9.50 Å². The molecular weight excluding hydrogens is 275 g/mol. The van der Waals surface area contributed by atoms with Crippen LogP contribution in [0.15, 0.2) is 36.4 Å². The predicted molar refractivity (Wildman–Crippen MR) is 80.6 cm³/mol. The summed E-state index contributed by atoms with van der Waals surface area (Å²) in [4.78, 5) is 0. The smallest absolute Gasteiger partial charge is 0.127 e. The van der Waals surface area contributed by atoms with E-state index in [2.05, 4.69) is 0 Å². The van der Waals surface area contributed by atoms with Crippen LogP contribution in [0.4, 0.5) is 4.39 Å². The molecule has 0 aliphatic heterocycles. The van der Waals surface area contributed by atoms with E-state index in [0.29, 0.717) is 10.6 Å². The molecule has 3 heteroatoms. The first-order valence-electron chi connectivity index (χ1n) is 6.53. The molecule has 106 valence electrons. The molecule has 1 atom stereocenters. The summed E-state index contributed by atoms with van der Waals surface area (Å²) in [5.41, 5.74) is 2.29. The van der Waals surface area contributed by atoms with Gasteiger partial charge < -0.3 is 5.11 Å². The summed E-state index contributed by atoms with van der Waals surface area (Å²) in [7, 11) is 0. The molecule has 0 heterocycles. The molecule has 1 unspecified atom stereocenters. The minimum Gasteiger partial charge on any atom is -0.385 e. The van der Waals surface area contributed by atoms with Crippen LogP contribution in [0.25, 0.3) is 0 Å². The second-order valence-corrected chi connectivity index (χ2v) is 6.00. The Kier molecular flexibility index (Phi) is 4.17. The molecule has 0 spiro atoms. The maximum absolute atomic E-state index is 13.9. The molecule has 0 saturated carbocycles. The molecule has 0 fully saturated rings. The van der Waals surface area contributed by atoms with Crippen molar-refractivity contribution in [1.82, 2.24) is 0 Å². The van der Waals surface area contributed by atoms with Crippen molar-refractivity contribution < 1.29 is 9.50 Å². The average molecular weight is 293 g/mol. The first kappa shape index (κ1) is 15.0. The molecule has 20 heavy (non-hydrogen) atoms. The van der Waals surface area contributed by atoms with E-state index in [-0.39, 0.29) is 12.2 Å². The van der Waals surface area contributed by atoms with Crippen molar-refractivity contribution in [3.8, 4) is 0 Å². The number of benzene rings is 2. The summed E-state index contributed by atoms with van der Waals surface area (Å²) in [6.45, 7) is 5.67. The molecule has 2 aromatic rings. The third-order valence-electron chi connectivity index (χ3n) is 3.39. The summed E-state index contributed by atoms with van der Waals surface area (Å²) >= 11 is 5.74. The number of aliphatic hydroxyl groups is 1. The van der Waals surface area contributed by atoms with Gasteiger partial charge in [-0.1, -0.05) is 47.0 Å². The Bertz CT molecular complexity index is 615. The molecule has 0 amide bonds. The van der Waals surface area contributed by atoms with Gasteiger partial charge in [-0.2, -0.15) is 0 Å². The average Bonchev–Trinajstić information content (AvgIpc) is 2.31. The molecule has 1 nitrogen and oxygen atoms in total. The van der Waals surface area contributed by atoms with Gasteiger partial charge in [-0.15, -0.1) is 0 Å². The lowest BCUT2D eigenvalue weighted by Crippen LogP contribution is -2.25. The molecule has 0 bridgehead atoms. The number of aryl methyl sites for hydroxylation is 2. The molecule has 0 saturated heterocycles. The summed E-state index contributed by atoms with van der Waals surface area (Å²) in [6.07, 6.45) is 0.207. The Balaban J connectivity index is 2.34. The van der Waals surface area contributed by atoms with Crippen molar-refractivity contribution in [2.24, 2.45) is 0 Å². The van der Waals surface area contributed by atoms with Gasteiger partial charge in [0, 0.05) is 11.4 Å². The Morgan fingerprint density at radius 1 is 1.10 bits per heavy atom. The normalized spacial score (nSPS) is 14.1. The monoisotopic (exact) mass is 292 g/mol. The summed E-state index contributed by atoms with van der Waals surface area (Å²) < 4.78 is 13.9. The molecule has 0 aliphatic carbocycles. The quantitative estimate of drug-likeness (QED) is 0.880. The van der Waals surface area contributed by atoms with Crippen molar-refractivity contribution in [3.63, 3.8) is 0 Å². The zero-order valence-electron chi connectivity index (χ0n) is 11.9. The fourth-order valence-electron chi connectivity index (χ4n) is 2.42. The Hall–Kier alpha value is -1.38. The van der Waals surface area contributed by atoms with Crippen LogP contribution in [0.2, 0.25) is 5.02 Å². The fourth-order valence-corrected chi connectivity index (χ4v) is 2.58. The zero-order chi connectivity index (χ0) is 14.9. The third kappa shape index (κ3) is 3.38. The van der Waals surface area contributed by atoms with Gasteiger partial charge in [0.2, 0.25) is 0 Å². The van der Waals surface area contributed by atoms with Crippen molar-refractivity contribution in [2.45, 2.75) is 32.8 Å². The van der Waals surface area contributed by atoms with Crippen molar-refractivity contribution in [3.05, 3.63) is 69.5 Å². The lowest BCUT2D eigenvalue weighted by molar-refractivity contribution is 0.0566. The van der Waals surface area contributed by atoms with E-state index in [0.717, 1.165) is 16.7 Å². The number of hydrogen-bond acceptors (Lipinski definition) is 1. The van der Waals surface area contributed by atoms with E-state index >= 15 is 0 Å². The van der Waals surface area contributed by atoms with Gasteiger partial charge in [0.25, 0.3) is 0 Å². The van der Waals surface area contributed by atoms with Crippen LogP contribution in [0.3, 0.4) is 0 Å². The first-order chi connectivity index (χ1) is 9.28. The van der Waals surface area contributed by atoms with Crippen LogP contribution >= 0.6 is 11.6 Å². The molecule has 2 aromatic carbocycles. The van der Waals surface area contributed by atoms with E-state index in [1.807, 2.05) is 32.0 Å². The van der Waals surface area contributed by atoms with Gasteiger partial charge in [0.1, 0.15) is 5.82 Å². The number of halogens is 2. The SMILES string of the molecule is Cc1cc(C)cc(C(C)(O)Cc2ccc(Cl)cc2F)c1. The highest BCUT2D eigenvalue weighted by molar-refractivity contribution is 6.30. The Labute approximate surface area is 124 Å². The number of rotatable bonds is 3. The lowest BCUT2D eigenvalue weighted by Gasteiger charge is -2.25. The van der Waals surface area contributed by atoms with Crippen molar-refractivity contribution in [2.75, 3.05) is 0 Å². The molecule has 0 aromatic heterocycles. The summed E-state index contributed by atoms with van der Waals surface area (Å²) in [5, 5.41) is 11.0. The molecule has 0 radical (unpaired) electrons. The summed E-state index contributed by atoms with van der Waals surface area (Å²) in [6, 6.07) is 10.4. The lowest BCUT2D eigenvalue weighted by atomic mass is 9.87. The predicted octanol–water partition coefficient (Wildman–Crippen LogP) is 4.55. The highest BCUT2D eigenvalue weighted by atomic mass is 35.5. The van der Waals surface area contributed by atoms with Crippen LogP contribution in [0, 0.1) is 19.7 Å². The van der Waals surface area contributed by atoms with Gasteiger partial charge in [-0.3, -0.25) is 0 Å². The minimum absolute atomic E-state index is 0.207. The largest absolute Gasteiger partial charge is 0.385 e. The second-order valence-electron chi connectivity index (χ2n) is 5.56. The Morgan fingerprint density at radius 2 is 1.70 bits per heavy atom. The van der Waals surface area contributed by atoms with Crippen LogP contribution in [0.5, 0.6) is 0 Å². The van der Waals surface area contributed by atoms with Gasteiger partial charge in [-0.05, 0) is 44.0 Å². The van der Waals surface area contributed by atoms with E-state index in [4.69, 9.17) is 11.6 Å². The van der Waals surface area contributed by atoms with Crippen molar-refractivity contribution in [1.29, 1.82) is 0 Å². The van der Waals surface area contributed by atoms with Crippen LogP contribution in [-0.4, -0.2) is 5.11 Å². The van der Waals surface area contributed by atoms with Gasteiger partial charge in [0.05, 0.1) is 5.60 Å². The first-order valence-corrected chi connectivity index (χ1v) is 6.91. The molecular formula is C17H18ClFO. The number of hydrogen-bond donors (Lipinski definition) is 1. The minimum atomic E-state index is -1.12. The Morgan fingerprint density at radius 3 is 2.25 bits per heavy atom. The van der Waals surface area contributed by atoms with Crippen molar-refractivity contribution >= 4 is 11.6 Å². The zero-order valence-corrected chi connectivity index (χ0v) is 12.6. The van der Waals surface area contributed by atoms with Crippen LogP contribution in [-0.2, 0) is 12.0 Å². The van der Waals surface area contributed by atoms with Gasteiger partial charge in [0.15, 0.2) is 0 Å². The summed E-state index contributed by atoms with van der Waals surface area (Å²) in [5.74, 6) is -0.387. The highest BCUT2D eigenvalue weighted by Crippen LogP contribution is 2.28. The standard InChI is InChI=1S/C17H18ClFO/c1-11-6-12(2)8-14(7-11)17(3,20)10-13-4-5-15(18)9-16(13)19/h4-9,20H,10H2,1-3H3.